The molecule has 0 aliphatic heterocycles. The molecule has 5 nitrogen and oxygen atoms in total. The second-order valence-corrected chi connectivity index (χ2v) is 3.31. The van der Waals surface area contributed by atoms with Crippen LogP contribution in [-0.2, 0) is 9.53 Å². The second kappa shape index (κ2) is 7.52. The van der Waals surface area contributed by atoms with E-state index in [1.54, 1.807) is 0 Å². The fourth-order valence-electron chi connectivity index (χ4n) is 1.06. The van der Waals surface area contributed by atoms with Crippen LogP contribution >= 0.6 is 12.2 Å². The van der Waals surface area contributed by atoms with Gasteiger partial charge in [-0.2, -0.15) is 0 Å². The average Bonchev–Trinajstić information content (AvgIpc) is 2.15. The number of carbonyl (C=O) groups excluding carboxylic acids is 1. The number of nitrogens with two attached hydrogens (primary N) is 2. The Morgan fingerprint density at radius 3 is 2.64 bits per heavy atom. The maximum Gasteiger partial charge on any atom is 0.328 e. The Bertz CT molecular complexity index is 199. The number of unbranched alkanes of at least 4 members (excludes halogenated alkanes) is 1. The van der Waals surface area contributed by atoms with Crippen molar-refractivity contribution >= 4 is 23.3 Å². The lowest BCUT2D eigenvalue weighted by molar-refractivity contribution is -0.142. The van der Waals surface area contributed by atoms with Gasteiger partial charge in [-0.1, -0.05) is 0 Å². The van der Waals surface area contributed by atoms with Gasteiger partial charge in [0.1, 0.15) is 6.04 Å². The molecule has 0 amide bonds. The van der Waals surface area contributed by atoms with Gasteiger partial charge in [0.2, 0.25) is 0 Å². The second-order valence-electron chi connectivity index (χ2n) is 2.87. The lowest BCUT2D eigenvalue weighted by Crippen LogP contribution is -2.44. The molecule has 0 bridgehead atoms. The average molecular weight is 219 g/mol. The smallest absolute Gasteiger partial charge is 0.328 e. The zero-order valence-electron chi connectivity index (χ0n) is 8.29. The van der Waals surface area contributed by atoms with E-state index in [0.29, 0.717) is 13.0 Å². The fourth-order valence-corrected chi connectivity index (χ4v) is 1.20. The maximum atomic E-state index is 11.2. The fraction of sp³-hybridized carbons (Fsp3) is 0.750. The summed E-state index contributed by atoms with van der Waals surface area (Å²) < 4.78 is 4.60. The van der Waals surface area contributed by atoms with Crippen LogP contribution in [0.4, 0.5) is 0 Å². The van der Waals surface area contributed by atoms with E-state index in [-0.39, 0.29) is 11.1 Å². The Hall–Kier alpha value is -0.880. The number of carbonyl (C=O) groups is 1. The van der Waals surface area contributed by atoms with Gasteiger partial charge in [0.25, 0.3) is 0 Å². The largest absolute Gasteiger partial charge is 0.467 e. The third kappa shape index (κ3) is 5.71. The van der Waals surface area contributed by atoms with Gasteiger partial charge in [-0.05, 0) is 38.0 Å². The minimum atomic E-state index is -0.455. The van der Waals surface area contributed by atoms with E-state index in [9.17, 15) is 4.79 Å². The number of nitrogens with one attached hydrogen (secondary N) is 1. The highest BCUT2D eigenvalue weighted by Gasteiger charge is 2.18. The first kappa shape index (κ1) is 13.1. The molecule has 0 aromatic heterocycles. The molecular weight excluding hydrogens is 202 g/mol. The quantitative estimate of drug-likeness (QED) is 0.317. The van der Waals surface area contributed by atoms with Crippen molar-refractivity contribution in [3.8, 4) is 0 Å². The molecule has 0 aliphatic carbocycles. The molecule has 0 aromatic carbocycles. The lowest BCUT2D eigenvalue weighted by atomic mass is 10.1. The van der Waals surface area contributed by atoms with Gasteiger partial charge < -0.3 is 21.5 Å². The lowest BCUT2D eigenvalue weighted by Gasteiger charge is -2.15. The number of ether oxygens (including phenoxy) is 1. The van der Waals surface area contributed by atoms with Crippen LogP contribution in [0, 0.1) is 0 Å². The Labute approximate surface area is 89.2 Å². The molecule has 5 N–H and O–H groups in total. The van der Waals surface area contributed by atoms with Crippen LogP contribution in [0.25, 0.3) is 0 Å². The summed E-state index contributed by atoms with van der Waals surface area (Å²) in [6.45, 7) is 0.612. The van der Waals surface area contributed by atoms with Gasteiger partial charge in [0.05, 0.1) is 7.11 Å². The summed E-state index contributed by atoms with van der Waals surface area (Å²) in [5.74, 6) is -0.352. The molecule has 82 valence electrons. The van der Waals surface area contributed by atoms with E-state index < -0.39 is 6.04 Å². The molecule has 0 aromatic rings. The Kier molecular flexibility index (Phi) is 7.04. The number of methoxy groups -OCH3 is 1. The van der Waals surface area contributed by atoms with Gasteiger partial charge in [-0.25, -0.2) is 4.79 Å². The monoisotopic (exact) mass is 219 g/mol. The molecule has 0 aliphatic rings. The zero-order chi connectivity index (χ0) is 11.0. The molecule has 0 heterocycles. The molecule has 0 saturated carbocycles. The van der Waals surface area contributed by atoms with Crippen LogP contribution in [0.2, 0.25) is 0 Å². The molecule has 1 atom stereocenters. The van der Waals surface area contributed by atoms with Crippen molar-refractivity contribution in [3.63, 3.8) is 0 Å². The Morgan fingerprint density at radius 2 is 2.21 bits per heavy atom. The number of hydrogen-bond donors (Lipinski definition) is 3. The summed E-state index contributed by atoms with van der Waals surface area (Å²) in [7, 11) is 1.33. The van der Waals surface area contributed by atoms with Crippen molar-refractivity contribution in [1.29, 1.82) is 0 Å². The van der Waals surface area contributed by atoms with Gasteiger partial charge in [0, 0.05) is 0 Å². The van der Waals surface area contributed by atoms with Crippen molar-refractivity contribution in [2.45, 2.75) is 25.3 Å². The van der Waals surface area contributed by atoms with Crippen LogP contribution in [0.1, 0.15) is 19.3 Å². The summed E-state index contributed by atoms with van der Waals surface area (Å²) in [5.41, 5.74) is 10.6. The summed E-state index contributed by atoms with van der Waals surface area (Å²) in [4.78, 5) is 11.2. The first-order valence-electron chi connectivity index (χ1n) is 4.45. The van der Waals surface area contributed by atoms with Crippen molar-refractivity contribution in [3.05, 3.63) is 0 Å². The topological polar surface area (TPSA) is 90.4 Å². The first-order valence-corrected chi connectivity index (χ1v) is 4.86. The van der Waals surface area contributed by atoms with Crippen molar-refractivity contribution in [1.82, 2.24) is 5.32 Å². The highest BCUT2D eigenvalue weighted by atomic mass is 32.1. The molecule has 0 radical (unpaired) electrons. The van der Waals surface area contributed by atoms with Crippen LogP contribution in [0.5, 0.6) is 0 Å². The van der Waals surface area contributed by atoms with E-state index in [2.05, 4.69) is 22.3 Å². The molecule has 0 rings (SSSR count). The molecule has 0 unspecified atom stereocenters. The summed E-state index contributed by atoms with van der Waals surface area (Å²) in [6.07, 6.45) is 2.33. The van der Waals surface area contributed by atoms with Crippen molar-refractivity contribution < 1.29 is 9.53 Å². The Balaban J connectivity index is 3.97. The highest BCUT2D eigenvalue weighted by Crippen LogP contribution is 2.01. The van der Waals surface area contributed by atoms with Crippen LogP contribution in [0.3, 0.4) is 0 Å². The van der Waals surface area contributed by atoms with Crippen LogP contribution < -0.4 is 16.8 Å². The summed E-state index contributed by atoms with van der Waals surface area (Å²) in [5, 5.41) is 2.79. The highest BCUT2D eigenvalue weighted by molar-refractivity contribution is 7.80. The third-order valence-electron chi connectivity index (χ3n) is 1.75. The van der Waals surface area contributed by atoms with E-state index >= 15 is 0 Å². The van der Waals surface area contributed by atoms with E-state index in [0.717, 1.165) is 12.8 Å². The standard InChI is InChI=1S/C8H17N3O2S/c1-13-7(12)6(11-8(10)14)4-2-3-5-9/h6H,2-5,9H2,1H3,(H3,10,11,14)/t6-/m0/s1. The SMILES string of the molecule is COC(=O)[C@H](CCCCN)NC(N)=S. The molecule has 0 fully saturated rings. The maximum absolute atomic E-state index is 11.2. The van der Waals surface area contributed by atoms with E-state index in [1.165, 1.54) is 7.11 Å². The predicted molar refractivity (Wildman–Crippen MR) is 58.6 cm³/mol. The van der Waals surface area contributed by atoms with Gasteiger partial charge in [0.15, 0.2) is 5.11 Å². The summed E-state index contributed by atoms with van der Waals surface area (Å²) >= 11 is 4.65. The van der Waals surface area contributed by atoms with Crippen LogP contribution in [-0.4, -0.2) is 30.8 Å². The van der Waals surface area contributed by atoms with E-state index in [4.69, 9.17) is 11.5 Å². The number of esters is 1. The minimum Gasteiger partial charge on any atom is -0.467 e. The van der Waals surface area contributed by atoms with Crippen LogP contribution in [0.15, 0.2) is 0 Å². The predicted octanol–water partition coefficient (Wildman–Crippen LogP) is -0.510. The molecule has 0 spiro atoms. The molecule has 14 heavy (non-hydrogen) atoms. The molecule has 0 saturated heterocycles. The van der Waals surface area contributed by atoms with E-state index in [1.807, 2.05) is 0 Å². The molecular formula is C8H17N3O2S. The first-order chi connectivity index (χ1) is 6.61. The van der Waals surface area contributed by atoms with Gasteiger partial charge in [-0.15, -0.1) is 0 Å². The molecule has 6 heteroatoms. The van der Waals surface area contributed by atoms with Gasteiger partial charge in [-0.3, -0.25) is 0 Å². The van der Waals surface area contributed by atoms with Crippen molar-refractivity contribution in [2.24, 2.45) is 11.5 Å². The number of rotatable bonds is 6. The Morgan fingerprint density at radius 1 is 1.57 bits per heavy atom. The zero-order valence-corrected chi connectivity index (χ0v) is 9.10. The van der Waals surface area contributed by atoms with Gasteiger partial charge >= 0.3 is 5.97 Å². The third-order valence-corrected chi connectivity index (χ3v) is 1.87. The minimum absolute atomic E-state index is 0.105. The van der Waals surface area contributed by atoms with Crippen molar-refractivity contribution in [2.75, 3.05) is 13.7 Å². The number of thiocarbonyl (C=S) groups is 1. The normalized spacial score (nSPS) is 11.9. The summed E-state index contributed by atoms with van der Waals surface area (Å²) in [6, 6.07) is -0.455. The number of hydrogen-bond acceptors (Lipinski definition) is 4.